The maximum atomic E-state index is 11.1. The molecule has 0 amide bonds. The lowest BCUT2D eigenvalue weighted by molar-refractivity contribution is -0.148. The van der Waals surface area contributed by atoms with Crippen molar-refractivity contribution in [2.24, 2.45) is 5.92 Å². The van der Waals surface area contributed by atoms with Gasteiger partial charge in [-0.3, -0.25) is 4.79 Å². The molecule has 1 aromatic rings. The van der Waals surface area contributed by atoms with E-state index in [-0.39, 0.29) is 11.9 Å². The topological polar surface area (TPSA) is 44.8 Å². The number of carbonyl (C=O) groups excluding carboxylic acids is 1. The smallest absolute Gasteiger partial charge is 0.308 e. The maximum Gasteiger partial charge on any atom is 0.308 e. The van der Waals surface area contributed by atoms with Crippen molar-refractivity contribution in [3.63, 3.8) is 0 Å². The van der Waals surface area contributed by atoms with E-state index in [1.165, 1.54) is 0 Å². The Balaban J connectivity index is 1.95. The molecule has 1 aromatic carbocycles. The molecule has 0 heterocycles. The molecule has 0 fully saturated rings. The van der Waals surface area contributed by atoms with E-state index in [1.807, 2.05) is 30.3 Å². The molecule has 0 bridgehead atoms. The fraction of sp³-hybridized carbons (Fsp3) is 0.500. The molecule has 18 heavy (non-hydrogen) atoms. The first kappa shape index (κ1) is 14.5. The van der Waals surface area contributed by atoms with Gasteiger partial charge in [0.05, 0.1) is 19.1 Å². The molecule has 0 N–H and O–H groups in total. The molecule has 0 unspecified atom stereocenters. The number of carbonyl (C=O) groups is 1. The molecule has 1 rings (SSSR count). The average Bonchev–Trinajstić information content (AvgIpc) is 2.38. The number of esters is 1. The zero-order valence-electron chi connectivity index (χ0n) is 10.9. The van der Waals surface area contributed by atoms with Crippen LogP contribution in [0.5, 0.6) is 5.75 Å². The summed E-state index contributed by atoms with van der Waals surface area (Å²) in [5, 5.41) is 0. The summed E-state index contributed by atoms with van der Waals surface area (Å²) in [6, 6.07) is 9.56. The van der Waals surface area contributed by atoms with Gasteiger partial charge in [-0.05, 0) is 12.1 Å². The van der Waals surface area contributed by atoms with Gasteiger partial charge >= 0.3 is 5.97 Å². The first-order chi connectivity index (χ1) is 8.70. The van der Waals surface area contributed by atoms with Crippen molar-refractivity contribution in [3.8, 4) is 5.75 Å². The molecule has 4 heteroatoms. The number of rotatable bonds is 8. The standard InChI is InChI=1S/C14H20O4/c1-12(2)14(15)18-11-9-16-8-10-17-13-6-4-3-5-7-13/h3-7,12H,8-11H2,1-2H3. The third kappa shape index (κ3) is 6.25. The Hall–Kier alpha value is -1.55. The van der Waals surface area contributed by atoms with Gasteiger partial charge in [0.25, 0.3) is 0 Å². The second-order valence-corrected chi connectivity index (χ2v) is 4.10. The zero-order chi connectivity index (χ0) is 13.2. The molecule has 0 spiro atoms. The monoisotopic (exact) mass is 252 g/mol. The zero-order valence-corrected chi connectivity index (χ0v) is 10.9. The van der Waals surface area contributed by atoms with Crippen molar-refractivity contribution in [1.29, 1.82) is 0 Å². The van der Waals surface area contributed by atoms with Crippen molar-refractivity contribution in [2.75, 3.05) is 26.4 Å². The highest BCUT2D eigenvalue weighted by Gasteiger charge is 2.06. The maximum absolute atomic E-state index is 11.1. The Morgan fingerprint density at radius 3 is 2.39 bits per heavy atom. The highest BCUT2D eigenvalue weighted by atomic mass is 16.6. The van der Waals surface area contributed by atoms with Gasteiger partial charge in [-0.25, -0.2) is 0 Å². The van der Waals surface area contributed by atoms with E-state index >= 15 is 0 Å². The van der Waals surface area contributed by atoms with Crippen LogP contribution >= 0.6 is 0 Å². The number of benzene rings is 1. The minimum Gasteiger partial charge on any atom is -0.491 e. The Morgan fingerprint density at radius 1 is 1.06 bits per heavy atom. The van der Waals surface area contributed by atoms with Crippen LogP contribution in [0.4, 0.5) is 0 Å². The third-order valence-electron chi connectivity index (χ3n) is 2.18. The van der Waals surface area contributed by atoms with Gasteiger partial charge < -0.3 is 14.2 Å². The predicted molar refractivity (Wildman–Crippen MR) is 68.6 cm³/mol. The van der Waals surface area contributed by atoms with E-state index in [1.54, 1.807) is 13.8 Å². The van der Waals surface area contributed by atoms with Crippen molar-refractivity contribution < 1.29 is 19.0 Å². The fourth-order valence-corrected chi connectivity index (χ4v) is 1.21. The van der Waals surface area contributed by atoms with Crippen molar-refractivity contribution in [1.82, 2.24) is 0 Å². The van der Waals surface area contributed by atoms with Crippen LogP contribution in [0, 0.1) is 5.92 Å². The van der Waals surface area contributed by atoms with Gasteiger partial charge in [-0.1, -0.05) is 32.0 Å². The van der Waals surface area contributed by atoms with Crippen LogP contribution in [0.2, 0.25) is 0 Å². The molecule has 0 aliphatic rings. The number of hydrogen-bond acceptors (Lipinski definition) is 4. The fourth-order valence-electron chi connectivity index (χ4n) is 1.21. The van der Waals surface area contributed by atoms with E-state index in [4.69, 9.17) is 14.2 Å². The van der Waals surface area contributed by atoms with Gasteiger partial charge in [0, 0.05) is 0 Å². The second kappa shape index (κ2) is 8.53. The molecular formula is C14H20O4. The summed E-state index contributed by atoms with van der Waals surface area (Å²) in [6.07, 6.45) is 0. The first-order valence-electron chi connectivity index (χ1n) is 6.12. The van der Waals surface area contributed by atoms with Crippen molar-refractivity contribution in [2.45, 2.75) is 13.8 Å². The van der Waals surface area contributed by atoms with Crippen molar-refractivity contribution in [3.05, 3.63) is 30.3 Å². The van der Waals surface area contributed by atoms with Crippen LogP contribution in [0.1, 0.15) is 13.8 Å². The van der Waals surface area contributed by atoms with Crippen LogP contribution in [0.25, 0.3) is 0 Å². The van der Waals surface area contributed by atoms with Gasteiger partial charge in [0.15, 0.2) is 0 Å². The Bertz CT molecular complexity index is 335. The van der Waals surface area contributed by atoms with Crippen LogP contribution in [-0.4, -0.2) is 32.4 Å². The van der Waals surface area contributed by atoms with Gasteiger partial charge in [0.1, 0.15) is 19.0 Å². The summed E-state index contributed by atoms with van der Waals surface area (Å²) in [4.78, 5) is 11.1. The lowest BCUT2D eigenvalue weighted by Gasteiger charge is -2.08. The Morgan fingerprint density at radius 2 is 1.72 bits per heavy atom. The largest absolute Gasteiger partial charge is 0.491 e. The Kier molecular flexibility index (Phi) is 6.87. The summed E-state index contributed by atoms with van der Waals surface area (Å²) in [6.45, 7) is 5.27. The second-order valence-electron chi connectivity index (χ2n) is 4.10. The minimum absolute atomic E-state index is 0.0913. The van der Waals surface area contributed by atoms with Gasteiger partial charge in [-0.2, -0.15) is 0 Å². The summed E-state index contributed by atoms with van der Waals surface area (Å²) in [7, 11) is 0. The highest BCUT2D eigenvalue weighted by molar-refractivity contribution is 5.71. The van der Waals surface area contributed by atoms with E-state index < -0.39 is 0 Å². The lowest BCUT2D eigenvalue weighted by Crippen LogP contribution is -2.16. The summed E-state index contributed by atoms with van der Waals surface area (Å²) < 4.78 is 15.7. The van der Waals surface area contributed by atoms with Crippen LogP contribution in [-0.2, 0) is 14.3 Å². The molecule has 0 saturated carbocycles. The molecule has 100 valence electrons. The molecule has 4 nitrogen and oxygen atoms in total. The van der Waals surface area contributed by atoms with Crippen LogP contribution in [0.15, 0.2) is 30.3 Å². The van der Waals surface area contributed by atoms with E-state index in [0.717, 1.165) is 5.75 Å². The van der Waals surface area contributed by atoms with E-state index in [9.17, 15) is 4.79 Å². The summed E-state index contributed by atoms with van der Waals surface area (Å²) in [5.74, 6) is 0.540. The molecule has 0 radical (unpaired) electrons. The van der Waals surface area contributed by atoms with E-state index in [0.29, 0.717) is 26.4 Å². The molecular weight excluding hydrogens is 232 g/mol. The molecule has 0 aromatic heterocycles. The quantitative estimate of drug-likeness (QED) is 0.526. The minimum atomic E-state index is -0.195. The number of para-hydroxylation sites is 1. The molecule has 0 aliphatic carbocycles. The lowest BCUT2D eigenvalue weighted by atomic mass is 10.2. The SMILES string of the molecule is CC(C)C(=O)OCCOCCOc1ccccc1. The van der Waals surface area contributed by atoms with Gasteiger partial charge in [-0.15, -0.1) is 0 Å². The molecule has 0 aliphatic heterocycles. The average molecular weight is 252 g/mol. The normalized spacial score (nSPS) is 10.4. The highest BCUT2D eigenvalue weighted by Crippen LogP contribution is 2.07. The van der Waals surface area contributed by atoms with Crippen molar-refractivity contribution >= 4 is 5.97 Å². The number of ether oxygens (including phenoxy) is 3. The third-order valence-corrected chi connectivity index (χ3v) is 2.18. The number of hydrogen-bond donors (Lipinski definition) is 0. The molecule has 0 atom stereocenters. The van der Waals surface area contributed by atoms with E-state index in [2.05, 4.69) is 0 Å². The summed E-state index contributed by atoms with van der Waals surface area (Å²) >= 11 is 0. The Labute approximate surface area is 108 Å². The first-order valence-corrected chi connectivity index (χ1v) is 6.12. The molecule has 0 saturated heterocycles. The predicted octanol–water partition coefficient (Wildman–Crippen LogP) is 2.28. The summed E-state index contributed by atoms with van der Waals surface area (Å²) in [5.41, 5.74) is 0. The van der Waals surface area contributed by atoms with Crippen LogP contribution in [0.3, 0.4) is 0 Å². The van der Waals surface area contributed by atoms with Gasteiger partial charge in [0.2, 0.25) is 0 Å². The van der Waals surface area contributed by atoms with Crippen LogP contribution < -0.4 is 4.74 Å².